The molecule has 1 unspecified atom stereocenters. The van der Waals surface area contributed by atoms with Gasteiger partial charge in [0.1, 0.15) is 5.69 Å². The van der Waals surface area contributed by atoms with Crippen molar-refractivity contribution in [3.8, 4) is 0 Å². The molecule has 144 valence electrons. The zero-order valence-corrected chi connectivity index (χ0v) is 16.1. The quantitative estimate of drug-likeness (QED) is 0.745. The number of amides is 1. The molecule has 2 N–H and O–H groups in total. The number of ether oxygens (including phenoxy) is 1. The summed E-state index contributed by atoms with van der Waals surface area (Å²) in [7, 11) is 0. The normalized spacial score (nSPS) is 16.1. The summed E-state index contributed by atoms with van der Waals surface area (Å²) in [6, 6.07) is 11.9. The van der Waals surface area contributed by atoms with Gasteiger partial charge in [-0.3, -0.25) is 9.78 Å². The van der Waals surface area contributed by atoms with Crippen molar-refractivity contribution < 1.29 is 9.53 Å². The van der Waals surface area contributed by atoms with E-state index < -0.39 is 0 Å². The van der Waals surface area contributed by atoms with E-state index in [1.807, 2.05) is 18.2 Å². The highest BCUT2D eigenvalue weighted by atomic mass is 16.5. The van der Waals surface area contributed by atoms with E-state index >= 15 is 0 Å². The predicted molar refractivity (Wildman–Crippen MR) is 109 cm³/mol. The summed E-state index contributed by atoms with van der Waals surface area (Å²) >= 11 is 0. The molecule has 0 radical (unpaired) electrons. The zero-order chi connectivity index (χ0) is 19.1. The molecule has 27 heavy (non-hydrogen) atoms. The lowest BCUT2D eigenvalue weighted by atomic mass is 10.2. The van der Waals surface area contributed by atoms with E-state index in [0.29, 0.717) is 12.2 Å². The van der Waals surface area contributed by atoms with E-state index in [-0.39, 0.29) is 12.0 Å². The molecule has 1 amide bonds. The Bertz CT molecular complexity index is 738. The van der Waals surface area contributed by atoms with Gasteiger partial charge in [-0.05, 0) is 63.1 Å². The number of carbonyl (C=O) groups excluding carboxylic acids is 1. The number of anilines is 3. The number of carbonyl (C=O) groups is 1. The van der Waals surface area contributed by atoms with E-state index in [2.05, 4.69) is 46.5 Å². The number of hydrogen-bond acceptors (Lipinski definition) is 5. The van der Waals surface area contributed by atoms with Gasteiger partial charge in [-0.1, -0.05) is 0 Å². The summed E-state index contributed by atoms with van der Waals surface area (Å²) < 4.78 is 5.53. The van der Waals surface area contributed by atoms with Crippen LogP contribution in [0.15, 0.2) is 42.6 Å². The summed E-state index contributed by atoms with van der Waals surface area (Å²) in [6.45, 7) is 7.59. The molecule has 0 spiro atoms. The van der Waals surface area contributed by atoms with Crippen molar-refractivity contribution in [2.75, 3.05) is 36.5 Å². The maximum atomic E-state index is 12.3. The highest BCUT2D eigenvalue weighted by molar-refractivity contribution is 5.93. The van der Waals surface area contributed by atoms with E-state index in [1.165, 1.54) is 5.69 Å². The second-order valence-corrected chi connectivity index (χ2v) is 6.62. The van der Waals surface area contributed by atoms with Gasteiger partial charge in [0.25, 0.3) is 5.91 Å². The Labute approximate surface area is 160 Å². The highest BCUT2D eigenvalue weighted by Crippen LogP contribution is 2.21. The zero-order valence-electron chi connectivity index (χ0n) is 16.1. The molecular weight excluding hydrogens is 340 g/mol. The third-order valence-corrected chi connectivity index (χ3v) is 4.79. The van der Waals surface area contributed by atoms with Crippen LogP contribution in [0.1, 0.15) is 37.2 Å². The van der Waals surface area contributed by atoms with Crippen LogP contribution in [0.25, 0.3) is 0 Å². The second kappa shape index (κ2) is 9.37. The number of nitrogens with one attached hydrogen (secondary N) is 2. The molecule has 0 bridgehead atoms. The summed E-state index contributed by atoms with van der Waals surface area (Å²) in [5, 5.41) is 6.24. The monoisotopic (exact) mass is 368 g/mol. The van der Waals surface area contributed by atoms with Gasteiger partial charge < -0.3 is 20.3 Å². The minimum atomic E-state index is -0.175. The Morgan fingerprint density at radius 3 is 2.63 bits per heavy atom. The van der Waals surface area contributed by atoms with Crippen LogP contribution in [0.4, 0.5) is 17.1 Å². The van der Waals surface area contributed by atoms with Gasteiger partial charge in [0.2, 0.25) is 0 Å². The molecule has 0 saturated carbocycles. The first-order valence-electron chi connectivity index (χ1n) is 9.67. The lowest BCUT2D eigenvalue weighted by Crippen LogP contribution is -2.32. The number of rotatable bonds is 8. The molecule has 2 heterocycles. The summed E-state index contributed by atoms with van der Waals surface area (Å²) in [6.07, 6.45) is 3.83. The standard InChI is InChI=1S/C21H28N4O2/c1-3-25(4-2)18-9-7-16(8-10-18)24-17-11-12-22-20(14-17)21(26)23-15-19-6-5-13-27-19/h7-12,14,19H,3-6,13,15H2,1-2H3,(H,22,24)(H,23,26). The average molecular weight is 368 g/mol. The van der Waals surface area contributed by atoms with Crippen LogP contribution in [-0.4, -0.2) is 43.2 Å². The van der Waals surface area contributed by atoms with Crippen LogP contribution in [-0.2, 0) is 4.74 Å². The topological polar surface area (TPSA) is 66.5 Å². The molecule has 1 atom stereocenters. The molecule has 1 aromatic heterocycles. The van der Waals surface area contributed by atoms with Gasteiger partial charge in [0.05, 0.1) is 6.10 Å². The Morgan fingerprint density at radius 2 is 1.96 bits per heavy atom. The number of benzene rings is 1. The van der Waals surface area contributed by atoms with E-state index in [0.717, 1.165) is 43.9 Å². The van der Waals surface area contributed by atoms with Gasteiger partial charge in [0, 0.05) is 49.5 Å². The Kier molecular flexibility index (Phi) is 6.65. The molecule has 1 aromatic carbocycles. The second-order valence-electron chi connectivity index (χ2n) is 6.62. The van der Waals surface area contributed by atoms with Crippen molar-refractivity contribution in [2.45, 2.75) is 32.8 Å². The van der Waals surface area contributed by atoms with Crippen LogP contribution in [0.2, 0.25) is 0 Å². The Morgan fingerprint density at radius 1 is 1.19 bits per heavy atom. The first-order chi connectivity index (χ1) is 13.2. The lowest BCUT2D eigenvalue weighted by Gasteiger charge is -2.21. The van der Waals surface area contributed by atoms with Gasteiger partial charge in [-0.2, -0.15) is 0 Å². The number of pyridine rings is 1. The smallest absolute Gasteiger partial charge is 0.270 e. The minimum absolute atomic E-state index is 0.125. The third-order valence-electron chi connectivity index (χ3n) is 4.79. The van der Waals surface area contributed by atoms with Crippen molar-refractivity contribution in [3.63, 3.8) is 0 Å². The predicted octanol–water partition coefficient (Wildman–Crippen LogP) is 3.58. The molecule has 3 rings (SSSR count). The van der Waals surface area contributed by atoms with Crippen LogP contribution in [0.3, 0.4) is 0 Å². The van der Waals surface area contributed by atoms with Crippen molar-refractivity contribution >= 4 is 23.0 Å². The minimum Gasteiger partial charge on any atom is -0.376 e. The number of aromatic nitrogens is 1. The van der Waals surface area contributed by atoms with Gasteiger partial charge in [-0.15, -0.1) is 0 Å². The van der Waals surface area contributed by atoms with Gasteiger partial charge in [0.15, 0.2) is 0 Å². The summed E-state index contributed by atoms with van der Waals surface area (Å²) in [5.74, 6) is -0.175. The summed E-state index contributed by atoms with van der Waals surface area (Å²) in [5.41, 5.74) is 3.41. The molecule has 1 fully saturated rings. The fraction of sp³-hybridized carbons (Fsp3) is 0.429. The van der Waals surface area contributed by atoms with E-state index in [9.17, 15) is 4.79 Å². The Hall–Kier alpha value is -2.60. The summed E-state index contributed by atoms with van der Waals surface area (Å²) in [4.78, 5) is 18.8. The van der Waals surface area contributed by atoms with Crippen LogP contribution >= 0.6 is 0 Å². The van der Waals surface area contributed by atoms with Crippen molar-refractivity contribution in [2.24, 2.45) is 0 Å². The SMILES string of the molecule is CCN(CC)c1ccc(Nc2ccnc(C(=O)NCC3CCCO3)c2)cc1. The fourth-order valence-electron chi connectivity index (χ4n) is 3.25. The molecule has 1 aliphatic rings. The van der Waals surface area contributed by atoms with E-state index in [4.69, 9.17) is 4.74 Å². The van der Waals surface area contributed by atoms with E-state index in [1.54, 1.807) is 12.3 Å². The van der Waals surface area contributed by atoms with Crippen molar-refractivity contribution in [3.05, 3.63) is 48.3 Å². The molecular formula is C21H28N4O2. The fourth-order valence-corrected chi connectivity index (χ4v) is 3.25. The molecule has 6 heteroatoms. The van der Waals surface area contributed by atoms with Crippen molar-refractivity contribution in [1.82, 2.24) is 10.3 Å². The Balaban J connectivity index is 1.60. The molecule has 1 saturated heterocycles. The molecule has 2 aromatic rings. The van der Waals surface area contributed by atoms with Crippen LogP contribution < -0.4 is 15.5 Å². The first-order valence-corrected chi connectivity index (χ1v) is 9.67. The largest absolute Gasteiger partial charge is 0.376 e. The first kappa shape index (κ1) is 19.2. The van der Waals surface area contributed by atoms with Gasteiger partial charge >= 0.3 is 0 Å². The van der Waals surface area contributed by atoms with Crippen LogP contribution in [0, 0.1) is 0 Å². The number of nitrogens with zero attached hydrogens (tertiary/aromatic N) is 2. The molecule has 6 nitrogen and oxygen atoms in total. The lowest BCUT2D eigenvalue weighted by molar-refractivity contribution is 0.0854. The van der Waals surface area contributed by atoms with Crippen LogP contribution in [0.5, 0.6) is 0 Å². The number of hydrogen-bond donors (Lipinski definition) is 2. The van der Waals surface area contributed by atoms with Crippen molar-refractivity contribution in [1.29, 1.82) is 0 Å². The third kappa shape index (κ3) is 5.20. The maximum Gasteiger partial charge on any atom is 0.270 e. The highest BCUT2D eigenvalue weighted by Gasteiger charge is 2.17. The average Bonchev–Trinajstić information content (AvgIpc) is 3.22. The molecule has 0 aliphatic carbocycles. The molecule has 1 aliphatic heterocycles. The maximum absolute atomic E-state index is 12.3. The van der Waals surface area contributed by atoms with Gasteiger partial charge in [-0.25, -0.2) is 0 Å².